The van der Waals surface area contributed by atoms with E-state index in [1.807, 2.05) is 6.07 Å². The molecule has 26 heavy (non-hydrogen) atoms. The third-order valence-corrected chi connectivity index (χ3v) is 4.05. The highest BCUT2D eigenvalue weighted by Gasteiger charge is 2.31. The van der Waals surface area contributed by atoms with Gasteiger partial charge in [-0.15, -0.1) is 0 Å². The molecule has 2 aromatic carbocycles. The first-order valence-electron chi connectivity index (χ1n) is 7.90. The fourth-order valence-electron chi connectivity index (χ4n) is 2.61. The van der Waals surface area contributed by atoms with E-state index in [-0.39, 0.29) is 12.5 Å². The smallest absolute Gasteiger partial charge is 0.319 e. The van der Waals surface area contributed by atoms with E-state index in [2.05, 4.69) is 10.6 Å². The number of quaternary nitrogens is 1. The number of halogens is 1. The van der Waals surface area contributed by atoms with E-state index in [4.69, 9.17) is 17.3 Å². The summed E-state index contributed by atoms with van der Waals surface area (Å²) in [7, 11) is 1.68. The van der Waals surface area contributed by atoms with E-state index in [0.29, 0.717) is 21.2 Å². The first-order valence-corrected chi connectivity index (χ1v) is 8.28. The van der Waals surface area contributed by atoms with Crippen molar-refractivity contribution in [2.75, 3.05) is 18.9 Å². The summed E-state index contributed by atoms with van der Waals surface area (Å²) in [5, 5.41) is 5.21. The van der Waals surface area contributed by atoms with Crippen LogP contribution < -0.4 is 21.3 Å². The van der Waals surface area contributed by atoms with Crippen LogP contribution in [0.4, 0.5) is 10.5 Å². The maximum Gasteiger partial charge on any atom is 0.319 e. The predicted octanol–water partition coefficient (Wildman–Crippen LogP) is 0.729. The molecule has 0 radical (unpaired) electrons. The predicted molar refractivity (Wildman–Crippen MR) is 98.7 cm³/mol. The van der Waals surface area contributed by atoms with Gasteiger partial charge >= 0.3 is 6.03 Å². The van der Waals surface area contributed by atoms with Gasteiger partial charge in [0.15, 0.2) is 12.6 Å². The molecule has 0 spiro atoms. The Hall–Kier alpha value is -2.90. The van der Waals surface area contributed by atoms with Gasteiger partial charge in [-0.2, -0.15) is 0 Å². The second kappa shape index (κ2) is 8.98. The van der Waals surface area contributed by atoms with Crippen LogP contribution in [0.3, 0.4) is 0 Å². The topological polar surface area (TPSA) is 106 Å². The van der Waals surface area contributed by atoms with Gasteiger partial charge in [-0.05, 0) is 12.1 Å². The molecule has 0 heterocycles. The van der Waals surface area contributed by atoms with E-state index in [0.717, 1.165) is 0 Å². The number of primary amides is 1. The van der Waals surface area contributed by atoms with E-state index >= 15 is 0 Å². The quantitative estimate of drug-likeness (QED) is 0.598. The molecule has 7 nitrogen and oxygen atoms in total. The van der Waals surface area contributed by atoms with Crippen LogP contribution in [0.1, 0.15) is 11.6 Å². The van der Waals surface area contributed by atoms with Crippen molar-refractivity contribution in [3.05, 3.63) is 65.2 Å². The zero-order valence-electron chi connectivity index (χ0n) is 14.2. The molecule has 2 atom stereocenters. The Kier molecular flexibility index (Phi) is 6.71. The van der Waals surface area contributed by atoms with Crippen molar-refractivity contribution in [3.8, 4) is 0 Å². The summed E-state index contributed by atoms with van der Waals surface area (Å²) in [4.78, 5) is 36.4. The number of benzene rings is 2. The summed E-state index contributed by atoms with van der Waals surface area (Å²) in [6.45, 7) is -0.0169. The number of para-hydroxylation sites is 1. The Labute approximate surface area is 156 Å². The van der Waals surface area contributed by atoms with Crippen LogP contribution in [0.25, 0.3) is 0 Å². The SMILES string of the molecule is C[NH+](CC(=O)Nc1ccccc1Cl)[C@H](C(=O)NC(N)=O)c1ccccc1. The van der Waals surface area contributed by atoms with Crippen molar-refractivity contribution < 1.29 is 19.3 Å². The summed E-state index contributed by atoms with van der Waals surface area (Å²) in [6.07, 6.45) is 0. The van der Waals surface area contributed by atoms with Crippen LogP contribution in [-0.2, 0) is 9.59 Å². The molecule has 2 aromatic rings. The Morgan fingerprint density at radius 2 is 1.69 bits per heavy atom. The first-order chi connectivity index (χ1) is 12.4. The average Bonchev–Trinajstić information content (AvgIpc) is 2.57. The number of nitrogens with one attached hydrogen (secondary N) is 3. The summed E-state index contributed by atoms with van der Waals surface area (Å²) in [6, 6.07) is 14.0. The lowest BCUT2D eigenvalue weighted by Crippen LogP contribution is -3.11. The largest absolute Gasteiger partial charge is 0.351 e. The number of hydrogen-bond donors (Lipinski definition) is 4. The monoisotopic (exact) mass is 375 g/mol. The standard InChI is InChI=1S/C18H19ClN4O3/c1-23(11-15(24)21-14-10-6-5-9-13(14)19)16(17(25)22-18(20)26)12-7-3-2-4-8-12/h2-10,16H,11H2,1H3,(H,21,24)(H3,20,22,25,26)/p+1/t16-/m0/s1. The number of imide groups is 1. The summed E-state index contributed by atoms with van der Waals surface area (Å²) >= 11 is 6.03. The average molecular weight is 376 g/mol. The van der Waals surface area contributed by atoms with Crippen molar-refractivity contribution in [1.29, 1.82) is 0 Å². The molecule has 1 unspecified atom stereocenters. The van der Waals surface area contributed by atoms with Crippen molar-refractivity contribution in [1.82, 2.24) is 5.32 Å². The number of carbonyl (C=O) groups is 3. The van der Waals surface area contributed by atoms with Gasteiger partial charge in [0.1, 0.15) is 0 Å². The zero-order valence-corrected chi connectivity index (χ0v) is 14.9. The highest BCUT2D eigenvalue weighted by molar-refractivity contribution is 6.33. The minimum atomic E-state index is -0.941. The van der Waals surface area contributed by atoms with Crippen molar-refractivity contribution in [2.24, 2.45) is 5.73 Å². The summed E-state index contributed by atoms with van der Waals surface area (Å²) < 4.78 is 0. The molecule has 0 aliphatic carbocycles. The first kappa shape index (κ1) is 19.4. The fourth-order valence-corrected chi connectivity index (χ4v) is 2.79. The number of hydrogen-bond acceptors (Lipinski definition) is 3. The van der Waals surface area contributed by atoms with E-state index < -0.39 is 18.0 Å². The van der Waals surface area contributed by atoms with Gasteiger partial charge in [0, 0.05) is 5.56 Å². The molecule has 0 aromatic heterocycles. The van der Waals surface area contributed by atoms with Gasteiger partial charge in [0.2, 0.25) is 0 Å². The maximum absolute atomic E-state index is 12.4. The van der Waals surface area contributed by atoms with E-state index in [9.17, 15) is 14.4 Å². The van der Waals surface area contributed by atoms with Crippen LogP contribution in [0.5, 0.6) is 0 Å². The molecule has 0 bridgehead atoms. The summed E-state index contributed by atoms with van der Waals surface area (Å²) in [5.74, 6) is -0.893. The molecule has 0 saturated heterocycles. The highest BCUT2D eigenvalue weighted by atomic mass is 35.5. The van der Waals surface area contributed by atoms with Crippen molar-refractivity contribution in [3.63, 3.8) is 0 Å². The van der Waals surface area contributed by atoms with Crippen LogP contribution >= 0.6 is 11.6 Å². The third kappa shape index (κ3) is 5.30. The highest BCUT2D eigenvalue weighted by Crippen LogP contribution is 2.20. The Balaban J connectivity index is 2.14. The number of rotatable bonds is 6. The molecule has 0 fully saturated rings. The molecule has 136 valence electrons. The Morgan fingerprint density at radius 3 is 2.31 bits per heavy atom. The van der Waals surface area contributed by atoms with Gasteiger partial charge in [0.25, 0.3) is 11.8 Å². The Bertz CT molecular complexity index is 798. The molecule has 0 saturated carbocycles. The number of urea groups is 1. The maximum atomic E-state index is 12.4. The third-order valence-electron chi connectivity index (χ3n) is 3.72. The van der Waals surface area contributed by atoms with Crippen molar-refractivity contribution in [2.45, 2.75) is 6.04 Å². The van der Waals surface area contributed by atoms with Gasteiger partial charge < -0.3 is 16.0 Å². The zero-order chi connectivity index (χ0) is 19.1. The van der Waals surface area contributed by atoms with E-state index in [1.54, 1.807) is 55.6 Å². The van der Waals surface area contributed by atoms with Gasteiger partial charge in [-0.3, -0.25) is 14.9 Å². The molecular weight excluding hydrogens is 356 g/mol. The van der Waals surface area contributed by atoms with Crippen LogP contribution in [-0.4, -0.2) is 31.4 Å². The van der Waals surface area contributed by atoms with Crippen LogP contribution in [0.2, 0.25) is 5.02 Å². The number of anilines is 1. The summed E-state index contributed by atoms with van der Waals surface area (Å²) in [5.41, 5.74) is 6.21. The molecule has 0 aliphatic heterocycles. The lowest BCUT2D eigenvalue weighted by atomic mass is 10.0. The fraction of sp³-hybridized carbons (Fsp3) is 0.167. The minimum absolute atomic E-state index is 0.0169. The lowest BCUT2D eigenvalue weighted by molar-refractivity contribution is -0.894. The molecule has 8 heteroatoms. The molecule has 0 aliphatic rings. The van der Waals surface area contributed by atoms with Crippen molar-refractivity contribution >= 4 is 35.1 Å². The molecular formula is C18H20ClN4O3+. The number of likely N-dealkylation sites (N-methyl/N-ethyl adjacent to an activating group) is 1. The number of carbonyl (C=O) groups excluding carboxylic acids is 3. The number of nitrogens with two attached hydrogens (primary N) is 1. The van der Waals surface area contributed by atoms with Crippen LogP contribution in [0, 0.1) is 0 Å². The Morgan fingerprint density at radius 1 is 1.08 bits per heavy atom. The van der Waals surface area contributed by atoms with E-state index in [1.165, 1.54) is 0 Å². The van der Waals surface area contributed by atoms with Gasteiger partial charge in [-0.25, -0.2) is 4.79 Å². The lowest BCUT2D eigenvalue weighted by Gasteiger charge is -2.23. The molecule has 2 rings (SSSR count). The van der Waals surface area contributed by atoms with Gasteiger partial charge in [0.05, 0.1) is 17.8 Å². The van der Waals surface area contributed by atoms with Gasteiger partial charge in [-0.1, -0.05) is 54.1 Å². The number of amides is 4. The second-order valence-corrected chi connectivity index (χ2v) is 6.16. The minimum Gasteiger partial charge on any atom is -0.351 e. The normalized spacial score (nSPS) is 12.7. The van der Waals surface area contributed by atoms with Crippen LogP contribution in [0.15, 0.2) is 54.6 Å². The molecule has 4 amide bonds. The molecule has 5 N–H and O–H groups in total. The second-order valence-electron chi connectivity index (χ2n) is 5.75.